The van der Waals surface area contributed by atoms with Crippen LogP contribution in [0.3, 0.4) is 0 Å². The molecule has 0 saturated carbocycles. The largest absolute Gasteiger partial charge is 0.313 e. The van der Waals surface area contributed by atoms with Gasteiger partial charge in [0.1, 0.15) is 5.82 Å². The zero-order valence-electron chi connectivity index (χ0n) is 7.58. The predicted molar refractivity (Wildman–Crippen MR) is 55.2 cm³/mol. The standard InChI is InChI=1S/C9H7ClFN3O/c10-9-13-7-2-1-5(11)3-6(7)8(15)14(9)4-12/h1-3H,4,12H2. The van der Waals surface area contributed by atoms with Gasteiger partial charge in [-0.25, -0.2) is 9.37 Å². The number of benzene rings is 1. The summed E-state index contributed by atoms with van der Waals surface area (Å²) in [7, 11) is 0. The smallest absolute Gasteiger partial charge is 0.263 e. The highest BCUT2D eigenvalue weighted by Gasteiger charge is 2.08. The van der Waals surface area contributed by atoms with Gasteiger partial charge in [-0.3, -0.25) is 9.36 Å². The van der Waals surface area contributed by atoms with Crippen LogP contribution in [0, 0.1) is 5.82 Å². The number of rotatable bonds is 1. The highest BCUT2D eigenvalue weighted by atomic mass is 35.5. The summed E-state index contributed by atoms with van der Waals surface area (Å²) in [6, 6.07) is 3.74. The average molecular weight is 228 g/mol. The first-order valence-corrected chi connectivity index (χ1v) is 4.57. The minimum Gasteiger partial charge on any atom is -0.313 e. The summed E-state index contributed by atoms with van der Waals surface area (Å²) in [5.74, 6) is -0.493. The van der Waals surface area contributed by atoms with Crippen molar-refractivity contribution >= 4 is 22.5 Å². The third-order valence-corrected chi connectivity index (χ3v) is 2.34. The Morgan fingerprint density at radius 2 is 2.27 bits per heavy atom. The van der Waals surface area contributed by atoms with E-state index in [2.05, 4.69) is 4.98 Å². The lowest BCUT2D eigenvalue weighted by atomic mass is 10.2. The molecule has 0 aliphatic carbocycles. The lowest BCUT2D eigenvalue weighted by Gasteiger charge is -2.05. The molecule has 0 radical (unpaired) electrons. The van der Waals surface area contributed by atoms with Crippen molar-refractivity contribution in [3.63, 3.8) is 0 Å². The molecule has 1 aromatic carbocycles. The summed E-state index contributed by atoms with van der Waals surface area (Å²) < 4.78 is 14.0. The normalized spacial score (nSPS) is 10.9. The van der Waals surface area contributed by atoms with Crippen molar-refractivity contribution in [2.45, 2.75) is 6.67 Å². The molecule has 0 fully saturated rings. The summed E-state index contributed by atoms with van der Waals surface area (Å²) >= 11 is 5.73. The number of aromatic nitrogens is 2. The molecular weight excluding hydrogens is 221 g/mol. The molecule has 0 atom stereocenters. The van der Waals surface area contributed by atoms with Crippen molar-refractivity contribution in [1.82, 2.24) is 9.55 Å². The Morgan fingerprint density at radius 1 is 1.53 bits per heavy atom. The molecule has 2 N–H and O–H groups in total. The van der Waals surface area contributed by atoms with Gasteiger partial charge in [-0.1, -0.05) is 0 Å². The molecule has 0 aliphatic rings. The van der Waals surface area contributed by atoms with Gasteiger partial charge in [0.05, 0.1) is 17.6 Å². The summed E-state index contributed by atoms with van der Waals surface area (Å²) in [6.45, 7) is -0.0862. The van der Waals surface area contributed by atoms with Crippen LogP contribution in [0.5, 0.6) is 0 Å². The summed E-state index contributed by atoms with van der Waals surface area (Å²) in [5.41, 5.74) is 5.24. The Morgan fingerprint density at radius 3 is 2.93 bits per heavy atom. The molecule has 0 spiro atoms. The van der Waals surface area contributed by atoms with Gasteiger partial charge < -0.3 is 5.73 Å². The molecule has 1 aromatic heterocycles. The molecule has 1 heterocycles. The van der Waals surface area contributed by atoms with Crippen LogP contribution in [0.2, 0.25) is 5.28 Å². The molecule has 15 heavy (non-hydrogen) atoms. The number of hydrogen-bond donors (Lipinski definition) is 1. The van der Waals surface area contributed by atoms with E-state index in [1.807, 2.05) is 0 Å². The Hall–Kier alpha value is -1.46. The Bertz CT molecular complexity index is 581. The highest BCUT2D eigenvalue weighted by Crippen LogP contribution is 2.12. The van der Waals surface area contributed by atoms with Crippen LogP contribution in [-0.2, 0) is 6.67 Å². The third-order valence-electron chi connectivity index (χ3n) is 2.05. The Labute approximate surface area is 89.1 Å². The molecular formula is C9H7ClFN3O. The third kappa shape index (κ3) is 1.60. The Balaban J connectivity index is 2.92. The van der Waals surface area contributed by atoms with Gasteiger partial charge in [0.2, 0.25) is 5.28 Å². The van der Waals surface area contributed by atoms with Gasteiger partial charge in [0, 0.05) is 0 Å². The molecule has 2 aromatic rings. The quantitative estimate of drug-likeness (QED) is 0.743. The lowest BCUT2D eigenvalue weighted by Crippen LogP contribution is -2.25. The monoisotopic (exact) mass is 227 g/mol. The fourth-order valence-electron chi connectivity index (χ4n) is 1.32. The van der Waals surface area contributed by atoms with E-state index in [0.29, 0.717) is 5.52 Å². The maximum atomic E-state index is 12.9. The second kappa shape index (κ2) is 3.60. The molecule has 78 valence electrons. The maximum Gasteiger partial charge on any atom is 0.263 e. The SMILES string of the molecule is NCn1c(Cl)nc2ccc(F)cc2c1=O. The van der Waals surface area contributed by atoms with Gasteiger partial charge in [-0.05, 0) is 29.8 Å². The second-order valence-corrected chi connectivity index (χ2v) is 3.30. The van der Waals surface area contributed by atoms with Crippen molar-refractivity contribution in [3.8, 4) is 0 Å². The first-order chi connectivity index (χ1) is 7.13. The minimum atomic E-state index is -0.493. The molecule has 6 heteroatoms. The van der Waals surface area contributed by atoms with E-state index in [9.17, 15) is 9.18 Å². The van der Waals surface area contributed by atoms with Gasteiger partial charge in [0.15, 0.2) is 0 Å². The molecule has 4 nitrogen and oxygen atoms in total. The van der Waals surface area contributed by atoms with Crippen molar-refractivity contribution in [2.75, 3.05) is 0 Å². The first-order valence-electron chi connectivity index (χ1n) is 4.19. The maximum absolute atomic E-state index is 12.9. The number of halogens is 2. The first kappa shape index (κ1) is 10.1. The molecule has 2 rings (SSSR count). The zero-order valence-corrected chi connectivity index (χ0v) is 8.33. The van der Waals surface area contributed by atoms with Crippen LogP contribution in [0.15, 0.2) is 23.0 Å². The van der Waals surface area contributed by atoms with Crippen molar-refractivity contribution in [3.05, 3.63) is 39.7 Å². The highest BCUT2D eigenvalue weighted by molar-refractivity contribution is 6.28. The summed E-state index contributed by atoms with van der Waals surface area (Å²) in [6.07, 6.45) is 0. The summed E-state index contributed by atoms with van der Waals surface area (Å²) in [5, 5.41) is 0.173. The van der Waals surface area contributed by atoms with Gasteiger partial charge in [-0.15, -0.1) is 0 Å². The fraction of sp³-hybridized carbons (Fsp3) is 0.111. The lowest BCUT2D eigenvalue weighted by molar-refractivity contribution is 0.628. The molecule has 0 aliphatic heterocycles. The molecule has 0 unspecified atom stereocenters. The van der Waals surface area contributed by atoms with Crippen LogP contribution in [0.1, 0.15) is 0 Å². The molecule has 0 saturated heterocycles. The van der Waals surface area contributed by atoms with E-state index in [1.165, 1.54) is 12.1 Å². The van der Waals surface area contributed by atoms with E-state index in [-0.39, 0.29) is 17.3 Å². The van der Waals surface area contributed by atoms with Crippen LogP contribution in [0.4, 0.5) is 4.39 Å². The van der Waals surface area contributed by atoms with Gasteiger partial charge in [-0.2, -0.15) is 0 Å². The van der Waals surface area contributed by atoms with E-state index in [0.717, 1.165) is 10.6 Å². The van der Waals surface area contributed by atoms with Crippen molar-refractivity contribution in [1.29, 1.82) is 0 Å². The molecule has 0 amide bonds. The average Bonchev–Trinajstić information content (AvgIpc) is 2.20. The van der Waals surface area contributed by atoms with E-state index in [1.54, 1.807) is 0 Å². The number of fused-ring (bicyclic) bond motifs is 1. The zero-order chi connectivity index (χ0) is 11.0. The van der Waals surface area contributed by atoms with Gasteiger partial charge in [0.25, 0.3) is 5.56 Å². The number of nitrogens with zero attached hydrogens (tertiary/aromatic N) is 2. The van der Waals surface area contributed by atoms with E-state index >= 15 is 0 Å². The van der Waals surface area contributed by atoms with E-state index < -0.39 is 11.4 Å². The van der Waals surface area contributed by atoms with Crippen LogP contribution >= 0.6 is 11.6 Å². The van der Waals surface area contributed by atoms with Crippen molar-refractivity contribution in [2.24, 2.45) is 5.73 Å². The number of hydrogen-bond acceptors (Lipinski definition) is 3. The predicted octanol–water partition coefficient (Wildman–Crippen LogP) is 1.11. The van der Waals surface area contributed by atoms with Gasteiger partial charge >= 0.3 is 0 Å². The fourth-order valence-corrected chi connectivity index (χ4v) is 1.56. The van der Waals surface area contributed by atoms with Crippen molar-refractivity contribution < 1.29 is 4.39 Å². The molecule has 0 bridgehead atoms. The second-order valence-electron chi connectivity index (χ2n) is 2.96. The number of nitrogens with two attached hydrogens (primary N) is 1. The van der Waals surface area contributed by atoms with Crippen LogP contribution in [-0.4, -0.2) is 9.55 Å². The van der Waals surface area contributed by atoms with E-state index in [4.69, 9.17) is 17.3 Å². The Kier molecular flexibility index (Phi) is 2.42. The topological polar surface area (TPSA) is 60.9 Å². The van der Waals surface area contributed by atoms with Crippen LogP contribution in [0.25, 0.3) is 10.9 Å². The van der Waals surface area contributed by atoms with Crippen LogP contribution < -0.4 is 11.3 Å². The minimum absolute atomic E-state index is 0.00149. The summed E-state index contributed by atoms with van der Waals surface area (Å²) in [4.78, 5) is 15.7.